The monoisotopic (exact) mass is 298 g/mol. The van der Waals surface area contributed by atoms with Gasteiger partial charge >= 0.3 is 6.09 Å². The van der Waals surface area contributed by atoms with Crippen molar-refractivity contribution < 1.29 is 14.3 Å². The molecular formula is C16H30N2O3. The Kier molecular flexibility index (Phi) is 14.1. The Morgan fingerprint density at radius 2 is 1.95 bits per heavy atom. The Morgan fingerprint density at radius 3 is 2.62 bits per heavy atom. The minimum absolute atomic E-state index is 0.310. The zero-order valence-corrected chi connectivity index (χ0v) is 13.5. The molecule has 5 heteroatoms. The molecule has 0 bridgehead atoms. The first-order valence-electron chi connectivity index (χ1n) is 8.18. The van der Waals surface area contributed by atoms with Crippen LogP contribution in [0.2, 0.25) is 0 Å². The molecule has 1 N–H and O–H groups in total. The van der Waals surface area contributed by atoms with E-state index in [-0.39, 0.29) is 6.09 Å². The van der Waals surface area contributed by atoms with Crippen LogP contribution in [0.1, 0.15) is 65.2 Å². The predicted molar refractivity (Wildman–Crippen MR) is 84.1 cm³/mol. The maximum Gasteiger partial charge on any atom is 0.407 e. The smallest absolute Gasteiger partial charge is 0.407 e. The molecule has 1 amide bonds. The van der Waals surface area contributed by atoms with E-state index in [0.29, 0.717) is 25.6 Å². The Bertz CT molecular complexity index is 302. The van der Waals surface area contributed by atoms with Gasteiger partial charge in [0.2, 0.25) is 6.08 Å². The maximum absolute atomic E-state index is 11.5. The highest BCUT2D eigenvalue weighted by Crippen LogP contribution is 2.12. The summed E-state index contributed by atoms with van der Waals surface area (Å²) in [4.78, 5) is 24.9. The van der Waals surface area contributed by atoms with Gasteiger partial charge < -0.3 is 10.1 Å². The predicted octanol–water partition coefficient (Wildman–Crippen LogP) is 3.83. The second kappa shape index (κ2) is 15.0. The van der Waals surface area contributed by atoms with Crippen LogP contribution < -0.4 is 5.32 Å². The molecule has 0 aliphatic rings. The third-order valence-electron chi connectivity index (χ3n) is 3.52. The van der Waals surface area contributed by atoms with Crippen molar-refractivity contribution in [3.8, 4) is 0 Å². The number of aliphatic imine (C=N–C) groups is 1. The maximum atomic E-state index is 11.5. The average Bonchev–Trinajstić information content (AvgIpc) is 2.50. The van der Waals surface area contributed by atoms with E-state index in [1.54, 1.807) is 0 Å². The fraction of sp³-hybridized carbons (Fsp3) is 0.875. The number of carbonyl (C=O) groups excluding carboxylic acids is 2. The zero-order chi connectivity index (χ0) is 15.8. The molecule has 0 aromatic rings. The highest BCUT2D eigenvalue weighted by atomic mass is 16.5. The lowest BCUT2D eigenvalue weighted by Gasteiger charge is -2.14. The quantitative estimate of drug-likeness (QED) is 0.319. The molecule has 0 rings (SSSR count). The molecule has 0 fully saturated rings. The van der Waals surface area contributed by atoms with E-state index in [4.69, 9.17) is 4.74 Å². The van der Waals surface area contributed by atoms with Crippen molar-refractivity contribution in [1.29, 1.82) is 0 Å². The Balaban J connectivity index is 3.46. The minimum Gasteiger partial charge on any atom is -0.449 e. The summed E-state index contributed by atoms with van der Waals surface area (Å²) in [6, 6.07) is 0. The summed E-state index contributed by atoms with van der Waals surface area (Å²) in [5.41, 5.74) is 0. The summed E-state index contributed by atoms with van der Waals surface area (Å²) in [5, 5.41) is 2.77. The summed E-state index contributed by atoms with van der Waals surface area (Å²) < 4.78 is 5.24. The Morgan fingerprint density at radius 1 is 1.19 bits per heavy atom. The molecule has 0 heterocycles. The SMILES string of the molecule is CCCCC(CC)COC(=O)NCCCCCCN=C=O. The molecule has 0 saturated carbocycles. The second-order valence-corrected chi connectivity index (χ2v) is 5.33. The Labute approximate surface area is 128 Å². The number of hydrogen-bond acceptors (Lipinski definition) is 4. The van der Waals surface area contributed by atoms with Gasteiger partial charge in [0.1, 0.15) is 0 Å². The van der Waals surface area contributed by atoms with Crippen molar-refractivity contribution in [2.45, 2.75) is 65.2 Å². The molecule has 0 radical (unpaired) electrons. The molecule has 0 aliphatic carbocycles. The summed E-state index contributed by atoms with van der Waals surface area (Å²) >= 11 is 0. The van der Waals surface area contributed by atoms with Crippen molar-refractivity contribution in [1.82, 2.24) is 5.32 Å². The molecule has 1 atom stereocenters. The standard InChI is InChI=1S/C16H30N2O3/c1-3-5-10-15(4-2)13-21-16(20)18-12-9-7-6-8-11-17-14-19/h15H,3-13H2,1-2H3,(H,18,20). The van der Waals surface area contributed by atoms with E-state index in [1.807, 2.05) is 0 Å². The normalized spacial score (nSPS) is 11.5. The molecule has 1 unspecified atom stereocenters. The van der Waals surface area contributed by atoms with Crippen molar-refractivity contribution in [3.63, 3.8) is 0 Å². The fourth-order valence-corrected chi connectivity index (χ4v) is 2.05. The van der Waals surface area contributed by atoms with Gasteiger partial charge in [0, 0.05) is 6.54 Å². The van der Waals surface area contributed by atoms with Crippen LogP contribution in [0.15, 0.2) is 4.99 Å². The molecule has 0 aliphatic heterocycles. The van der Waals surface area contributed by atoms with Crippen LogP contribution in [0.3, 0.4) is 0 Å². The molecule has 0 aromatic heterocycles. The molecular weight excluding hydrogens is 268 g/mol. The van der Waals surface area contributed by atoms with Gasteiger partial charge in [0.15, 0.2) is 0 Å². The molecule has 0 saturated heterocycles. The number of nitrogens with zero attached hydrogens (tertiary/aromatic N) is 1. The molecule has 122 valence electrons. The first-order valence-corrected chi connectivity index (χ1v) is 8.18. The minimum atomic E-state index is -0.310. The van der Waals surface area contributed by atoms with Crippen LogP contribution in [0.25, 0.3) is 0 Å². The van der Waals surface area contributed by atoms with Gasteiger partial charge in [0.05, 0.1) is 13.2 Å². The van der Waals surface area contributed by atoms with Crippen molar-refractivity contribution in [3.05, 3.63) is 0 Å². The lowest BCUT2D eigenvalue weighted by molar-refractivity contribution is 0.122. The summed E-state index contributed by atoms with van der Waals surface area (Å²) in [6.45, 7) is 6.02. The van der Waals surface area contributed by atoms with Gasteiger partial charge in [-0.3, -0.25) is 0 Å². The number of unbranched alkanes of at least 4 members (excludes halogenated alkanes) is 4. The van der Waals surface area contributed by atoms with Crippen molar-refractivity contribution >= 4 is 12.2 Å². The van der Waals surface area contributed by atoms with E-state index < -0.39 is 0 Å². The number of amides is 1. The van der Waals surface area contributed by atoms with Crippen LogP contribution in [0, 0.1) is 5.92 Å². The molecule has 21 heavy (non-hydrogen) atoms. The number of ether oxygens (including phenoxy) is 1. The number of rotatable bonds is 13. The van der Waals surface area contributed by atoms with Gasteiger partial charge in [-0.05, 0) is 25.2 Å². The van der Waals surface area contributed by atoms with Gasteiger partial charge in [-0.1, -0.05) is 46.0 Å². The first kappa shape index (κ1) is 19.7. The summed E-state index contributed by atoms with van der Waals surface area (Å²) in [5.74, 6) is 0.481. The van der Waals surface area contributed by atoms with Gasteiger partial charge in [-0.2, -0.15) is 0 Å². The lowest BCUT2D eigenvalue weighted by Crippen LogP contribution is -2.27. The van der Waals surface area contributed by atoms with Crippen molar-refractivity contribution in [2.75, 3.05) is 19.7 Å². The van der Waals surface area contributed by atoms with Gasteiger partial charge in [0.25, 0.3) is 0 Å². The average molecular weight is 298 g/mol. The third kappa shape index (κ3) is 13.4. The number of alkyl carbamates (subject to hydrolysis) is 1. The number of carbonyl (C=O) groups is 1. The molecule has 0 aromatic carbocycles. The van der Waals surface area contributed by atoms with Crippen LogP contribution in [-0.4, -0.2) is 31.9 Å². The van der Waals surface area contributed by atoms with Gasteiger partial charge in [-0.15, -0.1) is 0 Å². The first-order chi connectivity index (χ1) is 10.2. The van der Waals surface area contributed by atoms with E-state index in [1.165, 1.54) is 18.9 Å². The van der Waals surface area contributed by atoms with Gasteiger partial charge in [-0.25, -0.2) is 14.6 Å². The zero-order valence-electron chi connectivity index (χ0n) is 13.5. The highest BCUT2D eigenvalue weighted by molar-refractivity contribution is 5.66. The number of nitrogens with one attached hydrogen (secondary N) is 1. The van der Waals surface area contributed by atoms with Crippen LogP contribution in [0.5, 0.6) is 0 Å². The Hall–Kier alpha value is -1.35. The van der Waals surface area contributed by atoms with E-state index in [0.717, 1.165) is 38.5 Å². The van der Waals surface area contributed by atoms with E-state index in [9.17, 15) is 9.59 Å². The highest BCUT2D eigenvalue weighted by Gasteiger charge is 2.09. The molecule has 0 spiro atoms. The topological polar surface area (TPSA) is 67.8 Å². The summed E-state index contributed by atoms with van der Waals surface area (Å²) in [6.07, 6.45) is 9.62. The van der Waals surface area contributed by atoms with Crippen LogP contribution >= 0.6 is 0 Å². The fourth-order valence-electron chi connectivity index (χ4n) is 2.05. The van der Waals surface area contributed by atoms with Crippen molar-refractivity contribution in [2.24, 2.45) is 10.9 Å². The number of hydrogen-bond donors (Lipinski definition) is 1. The summed E-state index contributed by atoms with van der Waals surface area (Å²) in [7, 11) is 0. The van der Waals surface area contributed by atoms with E-state index >= 15 is 0 Å². The molecule has 5 nitrogen and oxygen atoms in total. The third-order valence-corrected chi connectivity index (χ3v) is 3.52. The lowest BCUT2D eigenvalue weighted by atomic mass is 10.0. The number of isocyanates is 1. The van der Waals surface area contributed by atoms with Crippen LogP contribution in [0.4, 0.5) is 4.79 Å². The van der Waals surface area contributed by atoms with E-state index in [2.05, 4.69) is 24.2 Å². The largest absolute Gasteiger partial charge is 0.449 e. The van der Waals surface area contributed by atoms with Crippen LogP contribution in [-0.2, 0) is 9.53 Å². The second-order valence-electron chi connectivity index (χ2n) is 5.33.